The first-order valence-corrected chi connectivity index (χ1v) is 9.08. The molecule has 0 bridgehead atoms. The van der Waals surface area contributed by atoms with Gasteiger partial charge in [0.2, 0.25) is 5.82 Å². The zero-order chi connectivity index (χ0) is 17.2. The minimum absolute atomic E-state index is 0.00347. The van der Waals surface area contributed by atoms with Crippen molar-refractivity contribution in [2.45, 2.75) is 38.6 Å². The van der Waals surface area contributed by atoms with Crippen LogP contribution >= 0.6 is 0 Å². The molecule has 0 saturated carbocycles. The number of aromatic nitrogens is 3. The van der Waals surface area contributed by atoms with Crippen LogP contribution in [0.25, 0.3) is 0 Å². The second-order valence-corrected chi connectivity index (χ2v) is 6.94. The highest BCUT2D eigenvalue weighted by Gasteiger charge is 2.29. The van der Waals surface area contributed by atoms with Crippen LogP contribution in [0.5, 0.6) is 0 Å². The minimum Gasteiger partial charge on any atom is -0.381 e. The molecule has 1 aromatic heterocycles. The number of likely N-dealkylation sites (tertiary alicyclic amines) is 1. The Hall–Kier alpha value is -2.21. The van der Waals surface area contributed by atoms with E-state index in [0.29, 0.717) is 19.0 Å². The van der Waals surface area contributed by atoms with Crippen molar-refractivity contribution in [1.82, 2.24) is 19.7 Å². The van der Waals surface area contributed by atoms with Gasteiger partial charge in [-0.25, -0.2) is 9.67 Å². The topological polar surface area (TPSA) is 60.2 Å². The Bertz CT molecular complexity index is 759. The van der Waals surface area contributed by atoms with E-state index in [1.807, 2.05) is 17.0 Å². The van der Waals surface area contributed by atoms with E-state index in [9.17, 15) is 4.79 Å². The van der Waals surface area contributed by atoms with Crippen LogP contribution in [0.1, 0.15) is 52.8 Å². The first-order chi connectivity index (χ1) is 12.2. The van der Waals surface area contributed by atoms with E-state index >= 15 is 0 Å². The van der Waals surface area contributed by atoms with Gasteiger partial charge >= 0.3 is 0 Å². The fraction of sp³-hybridized carbons (Fsp3) is 0.526. The normalized spacial score (nSPS) is 20.4. The number of amides is 1. The van der Waals surface area contributed by atoms with Gasteiger partial charge in [-0.05, 0) is 37.3 Å². The molecule has 1 unspecified atom stereocenters. The molecular weight excluding hydrogens is 316 g/mol. The summed E-state index contributed by atoms with van der Waals surface area (Å²) in [6, 6.07) is 8.21. The number of carbonyl (C=O) groups is 1. The van der Waals surface area contributed by atoms with Crippen molar-refractivity contribution in [3.63, 3.8) is 0 Å². The van der Waals surface area contributed by atoms with E-state index in [4.69, 9.17) is 9.84 Å². The summed E-state index contributed by atoms with van der Waals surface area (Å²) in [5.74, 6) is 1.41. The zero-order valence-corrected chi connectivity index (χ0v) is 14.6. The predicted molar refractivity (Wildman–Crippen MR) is 93.6 cm³/mol. The van der Waals surface area contributed by atoms with Crippen LogP contribution in [-0.2, 0) is 11.3 Å². The van der Waals surface area contributed by atoms with Crippen LogP contribution in [0.2, 0.25) is 0 Å². The van der Waals surface area contributed by atoms with E-state index in [1.165, 1.54) is 5.56 Å². The number of nitrogens with zero attached hydrogens (tertiary/aromatic N) is 4. The third kappa shape index (κ3) is 3.31. The Labute approximate surface area is 147 Å². The van der Waals surface area contributed by atoms with Gasteiger partial charge in [-0.15, -0.1) is 0 Å². The van der Waals surface area contributed by atoms with Gasteiger partial charge in [-0.1, -0.05) is 24.3 Å². The molecule has 25 heavy (non-hydrogen) atoms. The number of ether oxygens (including phenoxy) is 1. The molecule has 0 spiro atoms. The summed E-state index contributed by atoms with van der Waals surface area (Å²) in [5, 5.41) is 4.70. The molecule has 1 amide bonds. The van der Waals surface area contributed by atoms with Gasteiger partial charge in [0.15, 0.2) is 5.82 Å². The lowest BCUT2D eigenvalue weighted by molar-refractivity contribution is 0.0774. The molecule has 2 aliphatic heterocycles. The third-order valence-corrected chi connectivity index (χ3v) is 5.15. The number of benzene rings is 1. The van der Waals surface area contributed by atoms with Gasteiger partial charge < -0.3 is 9.64 Å². The van der Waals surface area contributed by atoms with Gasteiger partial charge in [0.25, 0.3) is 5.91 Å². The minimum atomic E-state index is 0.00347. The smallest absolute Gasteiger partial charge is 0.291 e. The average Bonchev–Trinajstić information content (AvgIpc) is 3.38. The molecular formula is C19H24N4O2. The van der Waals surface area contributed by atoms with E-state index in [2.05, 4.69) is 24.0 Å². The summed E-state index contributed by atoms with van der Waals surface area (Å²) in [4.78, 5) is 19.5. The fourth-order valence-electron chi connectivity index (χ4n) is 3.55. The Kier molecular flexibility index (Phi) is 4.53. The van der Waals surface area contributed by atoms with Crippen molar-refractivity contribution in [2.75, 3.05) is 26.3 Å². The summed E-state index contributed by atoms with van der Waals surface area (Å²) in [7, 11) is 0. The van der Waals surface area contributed by atoms with E-state index in [-0.39, 0.29) is 11.8 Å². The van der Waals surface area contributed by atoms with Crippen LogP contribution in [0.3, 0.4) is 0 Å². The summed E-state index contributed by atoms with van der Waals surface area (Å²) in [6.45, 7) is 5.68. The number of carbonyl (C=O) groups excluding carboxylic acids is 1. The molecule has 6 nitrogen and oxygen atoms in total. The van der Waals surface area contributed by atoms with Crippen LogP contribution in [0.4, 0.5) is 0 Å². The summed E-state index contributed by atoms with van der Waals surface area (Å²) < 4.78 is 7.26. The Balaban J connectivity index is 1.67. The zero-order valence-electron chi connectivity index (χ0n) is 14.6. The molecule has 0 radical (unpaired) electrons. The van der Waals surface area contributed by atoms with Crippen molar-refractivity contribution in [1.29, 1.82) is 0 Å². The van der Waals surface area contributed by atoms with Gasteiger partial charge in [0.05, 0.1) is 13.2 Å². The Morgan fingerprint density at radius 2 is 2.08 bits per heavy atom. The maximum absolute atomic E-state index is 12.9. The fourth-order valence-corrected chi connectivity index (χ4v) is 3.55. The molecule has 1 atom stereocenters. The van der Waals surface area contributed by atoms with Crippen LogP contribution < -0.4 is 0 Å². The highest BCUT2D eigenvalue weighted by Crippen LogP contribution is 2.24. The molecule has 3 heterocycles. The van der Waals surface area contributed by atoms with Crippen LogP contribution in [-0.4, -0.2) is 51.9 Å². The second-order valence-electron chi connectivity index (χ2n) is 6.94. The van der Waals surface area contributed by atoms with Gasteiger partial charge in [-0.3, -0.25) is 4.79 Å². The molecule has 2 fully saturated rings. The predicted octanol–water partition coefficient (Wildman–Crippen LogP) is 2.37. The lowest BCUT2D eigenvalue weighted by Crippen LogP contribution is -2.30. The van der Waals surface area contributed by atoms with E-state index < -0.39 is 0 Å². The van der Waals surface area contributed by atoms with Crippen LogP contribution in [0.15, 0.2) is 24.3 Å². The molecule has 4 rings (SSSR count). The van der Waals surface area contributed by atoms with Crippen molar-refractivity contribution >= 4 is 5.91 Å². The highest BCUT2D eigenvalue weighted by molar-refractivity contribution is 5.91. The van der Waals surface area contributed by atoms with Crippen molar-refractivity contribution in [3.05, 3.63) is 47.0 Å². The Morgan fingerprint density at radius 3 is 2.80 bits per heavy atom. The molecule has 2 aliphatic rings. The monoisotopic (exact) mass is 340 g/mol. The second kappa shape index (κ2) is 6.96. The van der Waals surface area contributed by atoms with Gasteiger partial charge in [0, 0.05) is 25.6 Å². The van der Waals surface area contributed by atoms with E-state index in [0.717, 1.165) is 50.3 Å². The van der Waals surface area contributed by atoms with Crippen molar-refractivity contribution < 1.29 is 9.53 Å². The maximum atomic E-state index is 12.9. The lowest BCUT2D eigenvalue weighted by Gasteiger charge is -2.15. The highest BCUT2D eigenvalue weighted by atomic mass is 16.5. The standard InChI is InChI=1S/C19H24N4O2/c1-14-6-2-3-7-15(14)12-23-18(19(24)22-9-4-5-10-22)20-17(21-23)16-8-11-25-13-16/h2-3,6-7,16H,4-5,8-13H2,1H3. The molecule has 1 aromatic carbocycles. The van der Waals surface area contributed by atoms with Crippen molar-refractivity contribution in [2.24, 2.45) is 0 Å². The molecule has 2 saturated heterocycles. The molecule has 0 N–H and O–H groups in total. The van der Waals surface area contributed by atoms with Gasteiger partial charge in [0.1, 0.15) is 0 Å². The molecule has 6 heteroatoms. The lowest BCUT2D eigenvalue weighted by atomic mass is 10.1. The quantitative estimate of drug-likeness (QED) is 0.857. The van der Waals surface area contributed by atoms with Crippen molar-refractivity contribution in [3.8, 4) is 0 Å². The maximum Gasteiger partial charge on any atom is 0.291 e. The van der Waals surface area contributed by atoms with E-state index in [1.54, 1.807) is 4.68 Å². The number of rotatable bonds is 4. The third-order valence-electron chi connectivity index (χ3n) is 5.15. The number of hydrogen-bond donors (Lipinski definition) is 0. The summed E-state index contributed by atoms with van der Waals surface area (Å²) >= 11 is 0. The van der Waals surface area contributed by atoms with Crippen LogP contribution in [0, 0.1) is 6.92 Å². The molecule has 0 aliphatic carbocycles. The summed E-state index contributed by atoms with van der Waals surface area (Å²) in [6.07, 6.45) is 3.06. The number of hydrogen-bond acceptors (Lipinski definition) is 4. The Morgan fingerprint density at radius 1 is 1.28 bits per heavy atom. The molecule has 2 aromatic rings. The first kappa shape index (κ1) is 16.3. The molecule has 132 valence electrons. The summed E-state index contributed by atoms with van der Waals surface area (Å²) in [5.41, 5.74) is 2.36. The largest absolute Gasteiger partial charge is 0.381 e. The average molecular weight is 340 g/mol. The first-order valence-electron chi connectivity index (χ1n) is 9.08. The SMILES string of the molecule is Cc1ccccc1Cn1nc(C2CCOC2)nc1C(=O)N1CCCC1. The number of aryl methyl sites for hydroxylation is 1. The van der Waals surface area contributed by atoms with Gasteiger partial charge in [-0.2, -0.15) is 5.10 Å².